The van der Waals surface area contributed by atoms with E-state index in [0.29, 0.717) is 25.8 Å². The number of carbonyl (C=O) groups excluding carboxylic acids is 1. The largest absolute Gasteiger partial charge is 0.486 e. The molecule has 4 nitrogen and oxygen atoms in total. The van der Waals surface area contributed by atoms with E-state index in [0.717, 1.165) is 5.56 Å². The Balaban J connectivity index is 1.79. The number of ether oxygens (including phenoxy) is 1. The number of halogens is 5. The van der Waals surface area contributed by atoms with Gasteiger partial charge in [0.05, 0.1) is 15.2 Å². The summed E-state index contributed by atoms with van der Waals surface area (Å²) in [7, 11) is 0. The Morgan fingerprint density at radius 3 is 2.53 bits per heavy atom. The van der Waals surface area contributed by atoms with Crippen LogP contribution in [0.1, 0.15) is 11.1 Å². The van der Waals surface area contributed by atoms with Gasteiger partial charge in [-0.25, -0.2) is 4.39 Å². The minimum Gasteiger partial charge on any atom is -0.486 e. The minimum absolute atomic E-state index is 0.0255. The molecule has 0 unspecified atom stereocenters. The van der Waals surface area contributed by atoms with Crippen LogP contribution in [0.3, 0.4) is 0 Å². The van der Waals surface area contributed by atoms with Crippen LogP contribution in [-0.2, 0) is 11.4 Å². The second kappa shape index (κ2) is 10.8. The van der Waals surface area contributed by atoms with Gasteiger partial charge >= 0.3 is 0 Å². The molecule has 3 aromatic carbocycles. The zero-order chi connectivity index (χ0) is 23.3. The zero-order valence-corrected chi connectivity index (χ0v) is 20.0. The van der Waals surface area contributed by atoms with Crippen molar-refractivity contribution in [3.8, 4) is 11.8 Å². The second-order valence-electron chi connectivity index (χ2n) is 6.44. The van der Waals surface area contributed by atoms with Crippen LogP contribution < -0.4 is 10.1 Å². The number of hydrogen-bond donors (Lipinski definition) is 1. The number of carbonyl (C=O) groups is 1. The molecule has 162 valence electrons. The zero-order valence-electron chi connectivity index (χ0n) is 16.1. The van der Waals surface area contributed by atoms with Gasteiger partial charge in [0.1, 0.15) is 24.1 Å². The fourth-order valence-electron chi connectivity index (χ4n) is 2.66. The predicted octanol–water partition coefficient (Wildman–Crippen LogP) is 7.67. The van der Waals surface area contributed by atoms with Gasteiger partial charge < -0.3 is 10.1 Å². The van der Waals surface area contributed by atoms with Crippen molar-refractivity contribution >= 4 is 68.4 Å². The lowest BCUT2D eigenvalue weighted by atomic mass is 10.1. The Morgan fingerprint density at radius 2 is 1.88 bits per heavy atom. The van der Waals surface area contributed by atoms with Crippen LogP contribution in [0.2, 0.25) is 15.1 Å². The third-order valence-corrected chi connectivity index (χ3v) is 5.66. The number of nitrogens with one attached hydrogen (secondary N) is 1. The minimum atomic E-state index is -0.748. The van der Waals surface area contributed by atoms with E-state index in [1.807, 2.05) is 6.07 Å². The highest BCUT2D eigenvalue weighted by molar-refractivity contribution is 9.10. The van der Waals surface area contributed by atoms with E-state index in [1.54, 1.807) is 36.4 Å². The maximum atomic E-state index is 13.8. The van der Waals surface area contributed by atoms with Gasteiger partial charge in [0, 0.05) is 15.6 Å². The van der Waals surface area contributed by atoms with E-state index >= 15 is 0 Å². The molecule has 0 radical (unpaired) electrons. The molecule has 0 spiro atoms. The molecule has 0 saturated carbocycles. The normalized spacial score (nSPS) is 11.1. The molecule has 1 N–H and O–H groups in total. The number of nitrogens with zero attached hydrogens (tertiary/aromatic N) is 1. The molecule has 0 bridgehead atoms. The van der Waals surface area contributed by atoms with Gasteiger partial charge in [-0.2, -0.15) is 5.26 Å². The molecule has 0 aliphatic heterocycles. The molecule has 1 amide bonds. The summed E-state index contributed by atoms with van der Waals surface area (Å²) in [6.45, 7) is 0.151. The Kier molecular flexibility index (Phi) is 8.16. The van der Waals surface area contributed by atoms with E-state index in [1.165, 1.54) is 24.3 Å². The molecule has 3 rings (SSSR count). The van der Waals surface area contributed by atoms with Crippen molar-refractivity contribution in [1.82, 2.24) is 0 Å². The highest BCUT2D eigenvalue weighted by Crippen LogP contribution is 2.36. The Bertz CT molecular complexity index is 1240. The molecular formula is C23H13BrCl3FN2O2. The lowest BCUT2D eigenvalue weighted by Gasteiger charge is -2.12. The van der Waals surface area contributed by atoms with Crippen molar-refractivity contribution in [3.63, 3.8) is 0 Å². The highest BCUT2D eigenvalue weighted by atomic mass is 79.9. The van der Waals surface area contributed by atoms with Crippen molar-refractivity contribution in [2.45, 2.75) is 6.61 Å². The maximum absolute atomic E-state index is 13.8. The van der Waals surface area contributed by atoms with E-state index in [4.69, 9.17) is 39.5 Å². The van der Waals surface area contributed by atoms with Crippen molar-refractivity contribution in [3.05, 3.63) is 96.7 Å². The second-order valence-corrected chi connectivity index (χ2v) is 8.55. The monoisotopic (exact) mass is 552 g/mol. The molecular weight excluding hydrogens is 542 g/mol. The van der Waals surface area contributed by atoms with E-state index < -0.39 is 11.7 Å². The Labute approximate surface area is 207 Å². The highest BCUT2D eigenvalue weighted by Gasteiger charge is 2.14. The number of hydrogen-bond acceptors (Lipinski definition) is 3. The summed E-state index contributed by atoms with van der Waals surface area (Å²) in [5.74, 6) is -0.988. The fraction of sp³-hybridized carbons (Fsp3) is 0.0435. The van der Waals surface area contributed by atoms with Crippen molar-refractivity contribution in [2.75, 3.05) is 5.32 Å². The van der Waals surface area contributed by atoms with Crippen molar-refractivity contribution in [2.24, 2.45) is 0 Å². The van der Waals surface area contributed by atoms with Crippen molar-refractivity contribution in [1.29, 1.82) is 5.26 Å². The molecule has 0 fully saturated rings. The van der Waals surface area contributed by atoms with E-state index in [2.05, 4.69) is 21.2 Å². The maximum Gasteiger partial charge on any atom is 0.266 e. The first kappa shape index (κ1) is 24.1. The average Bonchev–Trinajstić information content (AvgIpc) is 2.74. The summed E-state index contributed by atoms with van der Waals surface area (Å²) in [4.78, 5) is 12.4. The van der Waals surface area contributed by atoms with E-state index in [9.17, 15) is 14.4 Å². The predicted molar refractivity (Wildman–Crippen MR) is 129 cm³/mol. The van der Waals surface area contributed by atoms with Gasteiger partial charge in [0.2, 0.25) is 0 Å². The van der Waals surface area contributed by atoms with Gasteiger partial charge in [0.25, 0.3) is 5.91 Å². The number of benzene rings is 3. The summed E-state index contributed by atoms with van der Waals surface area (Å²) in [5.41, 5.74) is 0.943. The lowest BCUT2D eigenvalue weighted by Crippen LogP contribution is -2.14. The van der Waals surface area contributed by atoms with Crippen molar-refractivity contribution < 1.29 is 13.9 Å². The SMILES string of the molecule is N#C/C(=C/c1cc(Cl)c(OCc2ccc(Cl)cc2Cl)c(Br)c1)C(=O)Nc1ccccc1F. The smallest absolute Gasteiger partial charge is 0.266 e. The number of rotatable bonds is 6. The Hall–Kier alpha value is -2.56. The van der Waals surface area contributed by atoms with E-state index in [-0.39, 0.29) is 22.9 Å². The Morgan fingerprint density at radius 1 is 1.12 bits per heavy atom. The first-order chi connectivity index (χ1) is 15.3. The van der Waals surface area contributed by atoms with Crippen LogP contribution in [0.5, 0.6) is 5.75 Å². The third-order valence-electron chi connectivity index (χ3n) is 4.21. The first-order valence-corrected chi connectivity index (χ1v) is 10.9. The van der Waals surface area contributed by atoms with Crippen LogP contribution in [0.25, 0.3) is 6.08 Å². The standard InChI is InChI=1S/C23H13BrCl3FN2O2/c24-17-8-13(7-15(11-29)23(31)30-21-4-2-1-3-20(21)28)9-19(27)22(17)32-12-14-5-6-16(25)10-18(14)26/h1-10H,12H2,(H,30,31)/b15-7-. The average molecular weight is 555 g/mol. The summed E-state index contributed by atoms with van der Waals surface area (Å²) in [5, 5.41) is 13.0. The fourth-order valence-corrected chi connectivity index (χ4v) is 4.11. The quantitative estimate of drug-likeness (QED) is 0.251. The summed E-state index contributed by atoms with van der Waals surface area (Å²) in [6.07, 6.45) is 1.34. The number of nitriles is 1. The van der Waals surface area contributed by atoms with Crippen LogP contribution in [0, 0.1) is 17.1 Å². The summed E-state index contributed by atoms with van der Waals surface area (Å²) < 4.78 is 20.1. The van der Waals surface area contributed by atoms with Crippen LogP contribution in [0.4, 0.5) is 10.1 Å². The van der Waals surface area contributed by atoms with Crippen LogP contribution in [0.15, 0.2) is 64.6 Å². The molecule has 0 aliphatic carbocycles. The van der Waals surface area contributed by atoms with Gasteiger partial charge in [-0.3, -0.25) is 4.79 Å². The molecule has 9 heteroatoms. The summed E-state index contributed by atoms with van der Waals surface area (Å²) >= 11 is 21.8. The number of amides is 1. The number of anilines is 1. The molecule has 0 heterocycles. The van der Waals surface area contributed by atoms with Gasteiger partial charge in [-0.1, -0.05) is 53.0 Å². The molecule has 3 aromatic rings. The first-order valence-electron chi connectivity index (χ1n) is 9.02. The summed E-state index contributed by atoms with van der Waals surface area (Å²) in [6, 6.07) is 15.7. The third kappa shape index (κ3) is 6.02. The lowest BCUT2D eigenvalue weighted by molar-refractivity contribution is -0.112. The van der Waals surface area contributed by atoms with Crippen LogP contribution >= 0.6 is 50.7 Å². The van der Waals surface area contributed by atoms with Gasteiger partial charge in [0.15, 0.2) is 5.75 Å². The van der Waals surface area contributed by atoms with Crippen LogP contribution in [-0.4, -0.2) is 5.91 Å². The molecule has 0 aliphatic rings. The molecule has 32 heavy (non-hydrogen) atoms. The molecule has 0 aromatic heterocycles. The van der Waals surface area contributed by atoms with Gasteiger partial charge in [-0.15, -0.1) is 0 Å². The molecule has 0 saturated heterocycles. The van der Waals surface area contributed by atoms with Gasteiger partial charge in [-0.05, 0) is 64.0 Å². The topological polar surface area (TPSA) is 62.1 Å². The number of para-hydroxylation sites is 1. The molecule has 0 atom stereocenters.